The van der Waals surface area contributed by atoms with E-state index in [9.17, 15) is 10.1 Å². The van der Waals surface area contributed by atoms with Crippen LogP contribution in [0.1, 0.15) is 18.9 Å². The number of rotatable bonds is 6. The fraction of sp³-hybridized carbons (Fsp3) is 0.250. The van der Waals surface area contributed by atoms with E-state index >= 15 is 0 Å². The zero-order valence-electron chi connectivity index (χ0n) is 11.8. The molecule has 2 rings (SSSR count). The van der Waals surface area contributed by atoms with Crippen molar-refractivity contribution in [3.63, 3.8) is 0 Å². The molecule has 0 aliphatic rings. The molecule has 5 heteroatoms. The summed E-state index contributed by atoms with van der Waals surface area (Å²) in [5.41, 5.74) is 2.15. The lowest BCUT2D eigenvalue weighted by molar-refractivity contribution is -0.385. The first-order valence-electron chi connectivity index (χ1n) is 6.80. The van der Waals surface area contributed by atoms with Gasteiger partial charge in [-0.05, 0) is 53.4 Å². The number of hydrogen-bond acceptors (Lipinski definition) is 3. The van der Waals surface area contributed by atoms with Gasteiger partial charge in [0.1, 0.15) is 0 Å². The summed E-state index contributed by atoms with van der Waals surface area (Å²) in [5, 5.41) is 14.2. The van der Waals surface area contributed by atoms with Crippen molar-refractivity contribution < 1.29 is 4.92 Å². The third kappa shape index (κ3) is 4.56. The molecular weight excluding hydrogens is 332 g/mol. The Morgan fingerprint density at radius 2 is 1.95 bits per heavy atom. The molecule has 4 nitrogen and oxygen atoms in total. The molecule has 2 aromatic carbocycles. The van der Waals surface area contributed by atoms with E-state index in [1.807, 2.05) is 24.3 Å². The minimum Gasteiger partial charge on any atom is -0.382 e. The van der Waals surface area contributed by atoms with Crippen LogP contribution in [0.4, 0.5) is 11.4 Å². The van der Waals surface area contributed by atoms with E-state index in [2.05, 4.69) is 40.3 Å². The molecule has 0 aliphatic carbocycles. The molecule has 0 bridgehead atoms. The maximum atomic E-state index is 10.9. The van der Waals surface area contributed by atoms with Gasteiger partial charge in [-0.25, -0.2) is 0 Å². The van der Waals surface area contributed by atoms with E-state index in [-0.39, 0.29) is 16.7 Å². The third-order valence-electron chi connectivity index (χ3n) is 3.26. The fourth-order valence-corrected chi connectivity index (χ4v) is 2.52. The van der Waals surface area contributed by atoms with Crippen molar-refractivity contribution in [1.82, 2.24) is 0 Å². The van der Waals surface area contributed by atoms with Crippen LogP contribution in [-0.4, -0.2) is 11.0 Å². The van der Waals surface area contributed by atoms with Crippen molar-refractivity contribution >= 4 is 27.3 Å². The van der Waals surface area contributed by atoms with Crippen LogP contribution in [0.5, 0.6) is 0 Å². The molecule has 0 amide bonds. The number of aryl methyl sites for hydroxylation is 1. The van der Waals surface area contributed by atoms with Gasteiger partial charge in [-0.1, -0.05) is 30.3 Å². The summed E-state index contributed by atoms with van der Waals surface area (Å²) in [6.45, 7) is 2.08. The zero-order chi connectivity index (χ0) is 15.2. The molecule has 0 saturated heterocycles. The Balaban J connectivity index is 1.95. The van der Waals surface area contributed by atoms with Gasteiger partial charge in [0.2, 0.25) is 0 Å². The van der Waals surface area contributed by atoms with Gasteiger partial charge in [0, 0.05) is 17.8 Å². The van der Waals surface area contributed by atoms with Gasteiger partial charge in [0.15, 0.2) is 0 Å². The summed E-state index contributed by atoms with van der Waals surface area (Å²) in [7, 11) is 0. The zero-order valence-corrected chi connectivity index (χ0v) is 13.3. The van der Waals surface area contributed by atoms with Crippen LogP contribution >= 0.6 is 15.9 Å². The van der Waals surface area contributed by atoms with E-state index in [0.29, 0.717) is 4.47 Å². The Morgan fingerprint density at radius 1 is 1.24 bits per heavy atom. The molecule has 1 unspecified atom stereocenters. The van der Waals surface area contributed by atoms with Gasteiger partial charge in [-0.15, -0.1) is 0 Å². The highest BCUT2D eigenvalue weighted by Crippen LogP contribution is 2.28. The van der Waals surface area contributed by atoms with Crippen LogP contribution in [0.15, 0.2) is 53.0 Å². The lowest BCUT2D eigenvalue weighted by Crippen LogP contribution is -2.16. The minimum absolute atomic E-state index is 0.0789. The standard InChI is InChI=1S/C16H17BrN2O2/c1-12(7-8-13-5-3-2-4-6-13)18-14-9-10-15(17)16(11-14)19(20)21/h2-6,9-12,18H,7-8H2,1H3. The highest BCUT2D eigenvalue weighted by atomic mass is 79.9. The second-order valence-corrected chi connectivity index (χ2v) is 5.85. The molecular formula is C16H17BrN2O2. The molecule has 2 aromatic rings. The number of halogens is 1. The average Bonchev–Trinajstić information content (AvgIpc) is 2.48. The number of nitrogens with zero attached hydrogens (tertiary/aromatic N) is 1. The Bertz CT molecular complexity index is 617. The van der Waals surface area contributed by atoms with Crippen molar-refractivity contribution in [1.29, 1.82) is 0 Å². The molecule has 0 spiro atoms. The first kappa shape index (κ1) is 15.5. The first-order chi connectivity index (χ1) is 10.1. The molecule has 0 aliphatic heterocycles. The number of benzene rings is 2. The maximum Gasteiger partial charge on any atom is 0.285 e. The van der Waals surface area contributed by atoms with Gasteiger partial charge in [-0.3, -0.25) is 10.1 Å². The molecule has 0 saturated carbocycles. The molecule has 0 radical (unpaired) electrons. The van der Waals surface area contributed by atoms with Crippen molar-refractivity contribution in [2.24, 2.45) is 0 Å². The van der Waals surface area contributed by atoms with Gasteiger partial charge in [0.05, 0.1) is 9.40 Å². The molecule has 1 atom stereocenters. The molecule has 110 valence electrons. The summed E-state index contributed by atoms with van der Waals surface area (Å²) in [6, 6.07) is 15.6. The second-order valence-electron chi connectivity index (χ2n) is 4.99. The van der Waals surface area contributed by atoms with Crippen molar-refractivity contribution in [2.45, 2.75) is 25.8 Å². The molecule has 0 fully saturated rings. The largest absolute Gasteiger partial charge is 0.382 e. The summed E-state index contributed by atoms with van der Waals surface area (Å²) in [5.74, 6) is 0. The highest BCUT2D eigenvalue weighted by Gasteiger charge is 2.13. The topological polar surface area (TPSA) is 55.2 Å². The van der Waals surface area contributed by atoms with Crippen LogP contribution < -0.4 is 5.32 Å². The maximum absolute atomic E-state index is 10.9. The van der Waals surface area contributed by atoms with Crippen LogP contribution in [-0.2, 0) is 6.42 Å². The summed E-state index contributed by atoms with van der Waals surface area (Å²) < 4.78 is 0.495. The van der Waals surface area contributed by atoms with E-state index in [1.165, 1.54) is 5.56 Å². The first-order valence-corrected chi connectivity index (χ1v) is 7.60. The Labute approximate surface area is 132 Å². The summed E-state index contributed by atoms with van der Waals surface area (Å²) in [4.78, 5) is 10.5. The van der Waals surface area contributed by atoms with Gasteiger partial charge in [-0.2, -0.15) is 0 Å². The molecule has 0 aromatic heterocycles. The van der Waals surface area contributed by atoms with Crippen LogP contribution in [0.25, 0.3) is 0 Å². The second kappa shape index (κ2) is 7.22. The predicted octanol–water partition coefficient (Wildman–Crippen LogP) is 4.79. The predicted molar refractivity (Wildman–Crippen MR) is 88.6 cm³/mol. The van der Waals surface area contributed by atoms with Crippen LogP contribution in [0.3, 0.4) is 0 Å². The van der Waals surface area contributed by atoms with Crippen molar-refractivity contribution in [3.8, 4) is 0 Å². The number of nitrogens with one attached hydrogen (secondary N) is 1. The average molecular weight is 349 g/mol. The Hall–Kier alpha value is -1.88. The van der Waals surface area contributed by atoms with Gasteiger partial charge >= 0.3 is 0 Å². The number of hydrogen-bond donors (Lipinski definition) is 1. The van der Waals surface area contributed by atoms with Gasteiger partial charge < -0.3 is 5.32 Å². The Morgan fingerprint density at radius 3 is 2.62 bits per heavy atom. The van der Waals surface area contributed by atoms with Crippen LogP contribution in [0.2, 0.25) is 0 Å². The quantitative estimate of drug-likeness (QED) is 0.603. The lowest BCUT2D eigenvalue weighted by atomic mass is 10.1. The smallest absolute Gasteiger partial charge is 0.285 e. The van der Waals surface area contributed by atoms with E-state index in [4.69, 9.17) is 0 Å². The van der Waals surface area contributed by atoms with Gasteiger partial charge in [0.25, 0.3) is 5.69 Å². The summed E-state index contributed by atoms with van der Waals surface area (Å²) >= 11 is 3.19. The monoisotopic (exact) mass is 348 g/mol. The highest BCUT2D eigenvalue weighted by molar-refractivity contribution is 9.10. The summed E-state index contributed by atoms with van der Waals surface area (Å²) in [6.07, 6.45) is 1.95. The number of anilines is 1. The minimum atomic E-state index is -0.385. The SMILES string of the molecule is CC(CCc1ccccc1)Nc1ccc(Br)c([N+](=O)[O-])c1. The molecule has 0 heterocycles. The molecule has 1 N–H and O–H groups in total. The lowest BCUT2D eigenvalue weighted by Gasteiger charge is -2.15. The third-order valence-corrected chi connectivity index (χ3v) is 3.94. The number of nitro benzene ring substituents is 1. The van der Waals surface area contributed by atoms with Crippen LogP contribution in [0, 0.1) is 10.1 Å². The number of nitro groups is 1. The fourth-order valence-electron chi connectivity index (χ4n) is 2.13. The van der Waals surface area contributed by atoms with E-state index < -0.39 is 0 Å². The molecule has 21 heavy (non-hydrogen) atoms. The van der Waals surface area contributed by atoms with Crippen molar-refractivity contribution in [3.05, 3.63) is 68.7 Å². The van der Waals surface area contributed by atoms with E-state index in [1.54, 1.807) is 12.1 Å². The normalized spacial score (nSPS) is 11.9. The van der Waals surface area contributed by atoms with E-state index in [0.717, 1.165) is 18.5 Å². The van der Waals surface area contributed by atoms with Crippen molar-refractivity contribution in [2.75, 3.05) is 5.32 Å². The Kier molecular flexibility index (Phi) is 5.33.